The first-order chi connectivity index (χ1) is 6.75. The minimum Gasteiger partial charge on any atom is -0.293 e. The van der Waals surface area contributed by atoms with Crippen LogP contribution in [0.3, 0.4) is 0 Å². The fraction of sp³-hybridized carbons (Fsp3) is 0. The number of H-pyrrole nitrogens is 2. The van der Waals surface area contributed by atoms with Crippen molar-refractivity contribution in [3.05, 3.63) is 34.8 Å². The van der Waals surface area contributed by atoms with Gasteiger partial charge in [-0.05, 0) is 0 Å². The molecule has 0 aromatic carbocycles. The van der Waals surface area contributed by atoms with E-state index in [2.05, 4.69) is 25.8 Å². The average molecular weight is 194 g/mol. The molecule has 0 aliphatic rings. The zero-order chi connectivity index (χ0) is 9.97. The zero-order valence-electron chi connectivity index (χ0n) is 6.89. The molecule has 0 aliphatic carbocycles. The standard InChI is InChI=1S/C6H6N6O2/c13-5-1-4(9-10-5)6(14)11-12-2-7-8-3-12/h1-3H,(H,11,14)(H2,9,10,13). The van der Waals surface area contributed by atoms with E-state index in [1.807, 2.05) is 0 Å². The molecule has 0 bridgehead atoms. The highest BCUT2D eigenvalue weighted by Crippen LogP contribution is 1.88. The van der Waals surface area contributed by atoms with E-state index >= 15 is 0 Å². The van der Waals surface area contributed by atoms with E-state index in [0.29, 0.717) is 0 Å². The van der Waals surface area contributed by atoms with E-state index in [1.54, 1.807) is 0 Å². The molecule has 8 nitrogen and oxygen atoms in total. The summed E-state index contributed by atoms with van der Waals surface area (Å²) in [5.74, 6) is -0.455. The summed E-state index contributed by atoms with van der Waals surface area (Å²) in [6, 6.07) is 1.15. The normalized spacial score (nSPS) is 10.0. The van der Waals surface area contributed by atoms with E-state index < -0.39 is 5.91 Å². The minimum atomic E-state index is -0.455. The van der Waals surface area contributed by atoms with Gasteiger partial charge in [-0.2, -0.15) is 0 Å². The van der Waals surface area contributed by atoms with E-state index in [0.717, 1.165) is 6.07 Å². The lowest BCUT2D eigenvalue weighted by molar-refractivity contribution is 0.100. The quantitative estimate of drug-likeness (QED) is 0.550. The third-order valence-electron chi connectivity index (χ3n) is 1.49. The number of nitrogens with one attached hydrogen (secondary N) is 3. The number of nitrogens with zero attached hydrogens (tertiary/aromatic N) is 3. The van der Waals surface area contributed by atoms with Crippen molar-refractivity contribution in [1.82, 2.24) is 25.1 Å². The monoisotopic (exact) mass is 194 g/mol. The van der Waals surface area contributed by atoms with Gasteiger partial charge in [-0.15, -0.1) is 10.2 Å². The van der Waals surface area contributed by atoms with Crippen molar-refractivity contribution in [2.75, 3.05) is 5.43 Å². The lowest BCUT2D eigenvalue weighted by atomic mass is 10.4. The number of carbonyl (C=O) groups is 1. The third-order valence-corrected chi connectivity index (χ3v) is 1.49. The summed E-state index contributed by atoms with van der Waals surface area (Å²) >= 11 is 0. The number of rotatable bonds is 2. The van der Waals surface area contributed by atoms with Gasteiger partial charge in [0.25, 0.3) is 11.5 Å². The molecular weight excluding hydrogens is 188 g/mol. The van der Waals surface area contributed by atoms with Crippen molar-refractivity contribution < 1.29 is 4.79 Å². The largest absolute Gasteiger partial charge is 0.293 e. The maximum Gasteiger partial charge on any atom is 0.288 e. The average Bonchev–Trinajstić information content (AvgIpc) is 2.75. The van der Waals surface area contributed by atoms with Crippen molar-refractivity contribution in [1.29, 1.82) is 0 Å². The van der Waals surface area contributed by atoms with Crippen LogP contribution in [-0.2, 0) is 0 Å². The summed E-state index contributed by atoms with van der Waals surface area (Å²) in [6.45, 7) is 0. The molecule has 0 unspecified atom stereocenters. The van der Waals surface area contributed by atoms with Gasteiger partial charge in [0.15, 0.2) is 0 Å². The molecule has 0 aliphatic heterocycles. The lowest BCUT2D eigenvalue weighted by Gasteiger charge is -2.00. The van der Waals surface area contributed by atoms with Gasteiger partial charge in [0, 0.05) is 6.07 Å². The molecule has 72 valence electrons. The lowest BCUT2D eigenvalue weighted by Crippen LogP contribution is -2.21. The fourth-order valence-electron chi connectivity index (χ4n) is 0.890. The predicted octanol–water partition coefficient (Wildman–Crippen LogP) is -1.32. The molecule has 3 N–H and O–H groups in total. The Morgan fingerprint density at radius 2 is 2.07 bits per heavy atom. The Labute approximate surface area is 76.9 Å². The molecule has 0 fully saturated rings. The molecule has 0 saturated carbocycles. The van der Waals surface area contributed by atoms with Crippen LogP contribution in [0.2, 0.25) is 0 Å². The van der Waals surface area contributed by atoms with Gasteiger partial charge in [0.05, 0.1) is 0 Å². The van der Waals surface area contributed by atoms with Crippen LogP contribution >= 0.6 is 0 Å². The van der Waals surface area contributed by atoms with Gasteiger partial charge < -0.3 is 0 Å². The summed E-state index contributed by atoms with van der Waals surface area (Å²) in [6.07, 6.45) is 2.64. The molecule has 0 saturated heterocycles. The van der Waals surface area contributed by atoms with Crippen LogP contribution in [0.4, 0.5) is 0 Å². The fourth-order valence-corrected chi connectivity index (χ4v) is 0.890. The van der Waals surface area contributed by atoms with Crippen LogP contribution in [-0.4, -0.2) is 31.0 Å². The van der Waals surface area contributed by atoms with E-state index in [1.165, 1.54) is 17.3 Å². The Bertz CT molecular complexity index is 480. The Balaban J connectivity index is 2.14. The van der Waals surface area contributed by atoms with Crippen LogP contribution in [0.15, 0.2) is 23.5 Å². The summed E-state index contributed by atoms with van der Waals surface area (Å²) < 4.78 is 1.27. The Morgan fingerprint density at radius 1 is 1.36 bits per heavy atom. The Kier molecular flexibility index (Phi) is 1.86. The van der Waals surface area contributed by atoms with E-state index in [9.17, 15) is 9.59 Å². The number of aromatic amines is 2. The number of aromatic nitrogens is 5. The summed E-state index contributed by atoms with van der Waals surface area (Å²) in [5, 5.41) is 11.6. The molecule has 2 aromatic rings. The van der Waals surface area contributed by atoms with Gasteiger partial charge in [-0.1, -0.05) is 0 Å². The molecule has 1 amide bonds. The number of amides is 1. The molecule has 2 aromatic heterocycles. The van der Waals surface area contributed by atoms with Crippen LogP contribution in [0.1, 0.15) is 10.5 Å². The maximum absolute atomic E-state index is 11.3. The Morgan fingerprint density at radius 3 is 2.64 bits per heavy atom. The van der Waals surface area contributed by atoms with Crippen molar-refractivity contribution in [2.24, 2.45) is 0 Å². The van der Waals surface area contributed by atoms with Crippen LogP contribution in [0.25, 0.3) is 0 Å². The maximum atomic E-state index is 11.3. The van der Waals surface area contributed by atoms with Gasteiger partial charge >= 0.3 is 0 Å². The molecule has 2 heterocycles. The first-order valence-corrected chi connectivity index (χ1v) is 3.69. The van der Waals surface area contributed by atoms with Crippen molar-refractivity contribution in [3.63, 3.8) is 0 Å². The number of hydrogen-bond acceptors (Lipinski definition) is 4. The van der Waals surface area contributed by atoms with Crippen molar-refractivity contribution >= 4 is 5.91 Å². The van der Waals surface area contributed by atoms with Gasteiger partial charge in [-0.25, -0.2) is 4.68 Å². The van der Waals surface area contributed by atoms with Gasteiger partial charge in [0.2, 0.25) is 0 Å². The number of carbonyl (C=O) groups excluding carboxylic acids is 1. The smallest absolute Gasteiger partial charge is 0.288 e. The van der Waals surface area contributed by atoms with Crippen LogP contribution in [0.5, 0.6) is 0 Å². The third kappa shape index (κ3) is 1.53. The van der Waals surface area contributed by atoms with E-state index in [-0.39, 0.29) is 11.3 Å². The second kappa shape index (κ2) is 3.17. The molecular formula is C6H6N6O2. The second-order valence-electron chi connectivity index (χ2n) is 2.48. The summed E-state index contributed by atoms with van der Waals surface area (Å²) in [4.78, 5) is 22.0. The SMILES string of the molecule is O=C(Nn1cnnc1)c1cc(=O)[nH][nH]1. The molecule has 2 rings (SSSR count). The highest BCUT2D eigenvalue weighted by molar-refractivity contribution is 5.98. The van der Waals surface area contributed by atoms with Crippen molar-refractivity contribution in [3.8, 4) is 0 Å². The second-order valence-corrected chi connectivity index (χ2v) is 2.48. The molecule has 0 spiro atoms. The van der Waals surface area contributed by atoms with Gasteiger partial charge in [0.1, 0.15) is 18.3 Å². The molecule has 8 heteroatoms. The van der Waals surface area contributed by atoms with E-state index in [4.69, 9.17) is 0 Å². The highest BCUT2D eigenvalue weighted by Gasteiger charge is 2.07. The van der Waals surface area contributed by atoms with Gasteiger partial charge in [-0.3, -0.25) is 25.2 Å². The molecule has 0 radical (unpaired) electrons. The van der Waals surface area contributed by atoms with Crippen LogP contribution < -0.4 is 11.0 Å². The summed E-state index contributed by atoms with van der Waals surface area (Å²) in [5.41, 5.74) is 2.19. The predicted molar refractivity (Wildman–Crippen MR) is 45.1 cm³/mol. The Hall–Kier alpha value is -2.38. The van der Waals surface area contributed by atoms with Crippen molar-refractivity contribution in [2.45, 2.75) is 0 Å². The zero-order valence-corrected chi connectivity index (χ0v) is 6.89. The van der Waals surface area contributed by atoms with Crippen LogP contribution in [0, 0.1) is 0 Å². The molecule has 0 atom stereocenters. The highest BCUT2D eigenvalue weighted by atomic mass is 16.2. The number of hydrogen-bond donors (Lipinski definition) is 3. The first-order valence-electron chi connectivity index (χ1n) is 3.69. The summed E-state index contributed by atoms with van der Waals surface area (Å²) in [7, 11) is 0. The topological polar surface area (TPSA) is 108 Å². The first kappa shape index (κ1) is 8.23. The molecule has 14 heavy (non-hydrogen) atoms. The minimum absolute atomic E-state index is 0.142.